The lowest BCUT2D eigenvalue weighted by Crippen LogP contribution is -2.29. The minimum Gasteiger partial charge on any atom is -0.455 e. The van der Waals surface area contributed by atoms with E-state index in [1.165, 1.54) is 0 Å². The van der Waals surface area contributed by atoms with Crippen LogP contribution in [0.1, 0.15) is 33.4 Å². The SMILES string of the molecule is N#Cc1ccc(N(c2ccccc2)c2cc3c(c4oc5ccccc5c24)-c2c(cc(N(c4ccccc4)c4ccc(C#N)cc4)c4c2oc2ccccc24)C3(c2ccccc2)c2ccccc2)cc1. The molecule has 0 N–H and O–H groups in total. The van der Waals surface area contributed by atoms with Crippen LogP contribution in [0.5, 0.6) is 0 Å². The largest absolute Gasteiger partial charge is 0.455 e. The molecule has 6 nitrogen and oxygen atoms in total. The van der Waals surface area contributed by atoms with Gasteiger partial charge < -0.3 is 18.6 Å². The summed E-state index contributed by atoms with van der Waals surface area (Å²) in [4.78, 5) is 4.58. The van der Waals surface area contributed by atoms with Crippen molar-refractivity contribution in [3.05, 3.63) is 264 Å². The number of furan rings is 2. The van der Waals surface area contributed by atoms with Crippen molar-refractivity contribution < 1.29 is 8.83 Å². The molecule has 12 aromatic rings. The lowest BCUT2D eigenvalue weighted by molar-refractivity contribution is 0.665. The van der Waals surface area contributed by atoms with Crippen LogP contribution < -0.4 is 9.80 Å². The van der Waals surface area contributed by atoms with Gasteiger partial charge in [-0.25, -0.2) is 0 Å². The monoisotopic (exact) mass is 882 g/mol. The summed E-state index contributed by atoms with van der Waals surface area (Å²) in [5.74, 6) is 0. The predicted octanol–water partition coefficient (Wildman–Crippen LogP) is 16.5. The fourth-order valence-corrected chi connectivity index (χ4v) is 10.9. The van der Waals surface area contributed by atoms with Crippen LogP contribution in [0.4, 0.5) is 34.1 Å². The van der Waals surface area contributed by atoms with Crippen LogP contribution in [0.3, 0.4) is 0 Å². The fourth-order valence-electron chi connectivity index (χ4n) is 10.9. The molecule has 0 saturated heterocycles. The molecule has 0 spiro atoms. The molecule has 1 aliphatic rings. The summed E-state index contributed by atoms with van der Waals surface area (Å²) >= 11 is 0. The number of anilines is 6. The second kappa shape index (κ2) is 15.8. The van der Waals surface area contributed by atoms with E-state index in [9.17, 15) is 10.5 Å². The Morgan fingerprint density at radius 3 is 1.07 bits per heavy atom. The van der Waals surface area contributed by atoms with Crippen molar-refractivity contribution in [2.24, 2.45) is 0 Å². The highest BCUT2D eigenvalue weighted by molar-refractivity contribution is 6.25. The molecular weight excluding hydrogens is 845 g/mol. The second-order valence-electron chi connectivity index (χ2n) is 17.4. The molecule has 322 valence electrons. The number of nitriles is 2. The average molecular weight is 883 g/mol. The molecule has 0 aliphatic heterocycles. The van der Waals surface area contributed by atoms with Gasteiger partial charge in [0.1, 0.15) is 22.3 Å². The topological polar surface area (TPSA) is 80.3 Å². The number of para-hydroxylation sites is 4. The van der Waals surface area contributed by atoms with Gasteiger partial charge in [0.2, 0.25) is 0 Å². The van der Waals surface area contributed by atoms with Gasteiger partial charge in [0.25, 0.3) is 0 Å². The Hall–Kier alpha value is -9.62. The number of hydrogen-bond donors (Lipinski definition) is 0. The molecule has 1 aliphatic carbocycles. The van der Waals surface area contributed by atoms with E-state index in [-0.39, 0.29) is 0 Å². The molecule has 0 bridgehead atoms. The Balaban J connectivity index is 1.26. The Labute approximate surface area is 398 Å². The van der Waals surface area contributed by atoms with Crippen LogP contribution in [0.25, 0.3) is 55.0 Å². The maximum Gasteiger partial charge on any atom is 0.145 e. The molecule has 0 saturated carbocycles. The highest BCUT2D eigenvalue weighted by Crippen LogP contribution is 2.64. The van der Waals surface area contributed by atoms with Crippen LogP contribution in [0.2, 0.25) is 0 Å². The van der Waals surface area contributed by atoms with Gasteiger partial charge in [0, 0.05) is 44.6 Å². The first-order valence-electron chi connectivity index (χ1n) is 23.0. The summed E-state index contributed by atoms with van der Waals surface area (Å²) in [7, 11) is 0. The smallest absolute Gasteiger partial charge is 0.145 e. The summed E-state index contributed by atoms with van der Waals surface area (Å²) in [6.07, 6.45) is 0. The Morgan fingerprint density at radius 2 is 0.696 bits per heavy atom. The highest BCUT2D eigenvalue weighted by Gasteiger charge is 2.50. The van der Waals surface area contributed by atoms with Crippen molar-refractivity contribution >= 4 is 78.0 Å². The summed E-state index contributed by atoms with van der Waals surface area (Å²) in [5.41, 5.74) is 15.0. The van der Waals surface area contributed by atoms with E-state index < -0.39 is 5.41 Å². The van der Waals surface area contributed by atoms with Gasteiger partial charge in [-0.1, -0.05) is 133 Å². The molecule has 6 heteroatoms. The van der Waals surface area contributed by atoms with Gasteiger partial charge in [-0.2, -0.15) is 10.5 Å². The first-order valence-corrected chi connectivity index (χ1v) is 23.0. The molecule has 10 aromatic carbocycles. The minimum atomic E-state index is -0.933. The minimum absolute atomic E-state index is 0.582. The molecule has 13 rings (SSSR count). The van der Waals surface area contributed by atoms with Gasteiger partial charge in [0.05, 0.1) is 50.8 Å². The zero-order valence-corrected chi connectivity index (χ0v) is 37.0. The summed E-state index contributed by atoms with van der Waals surface area (Å²) < 4.78 is 14.7. The Bertz CT molecular complexity index is 3750. The number of benzene rings is 10. The standard InChI is InChI=1S/C63H38N4O2/c64-39-41-29-33-47(34-30-41)66(45-21-9-3-10-22-45)53-37-51-59(61-57(53)49-25-13-15-27-55(49)68-61)60-52(63(51,43-17-5-1-6-18-43)44-19-7-2-8-20-44)38-54(58-50-26-14-16-28-56(50)69-62(58)60)67(46-23-11-4-12-24-46)48-35-31-42(40-65)32-36-48/h1-38H. The third-order valence-corrected chi connectivity index (χ3v) is 13.7. The van der Waals surface area contributed by atoms with Crippen LogP contribution in [0, 0.1) is 22.7 Å². The molecule has 2 aromatic heterocycles. The Morgan fingerprint density at radius 1 is 0.362 bits per heavy atom. The van der Waals surface area contributed by atoms with E-state index in [2.05, 4.69) is 168 Å². The second-order valence-corrected chi connectivity index (χ2v) is 17.4. The fraction of sp³-hybridized carbons (Fsp3) is 0.0159. The van der Waals surface area contributed by atoms with Crippen molar-refractivity contribution in [2.45, 2.75) is 5.41 Å². The number of hydrogen-bond acceptors (Lipinski definition) is 6. The van der Waals surface area contributed by atoms with E-state index in [0.29, 0.717) is 11.1 Å². The maximum absolute atomic E-state index is 9.93. The quantitative estimate of drug-likeness (QED) is 0.151. The lowest BCUT2D eigenvalue weighted by Gasteiger charge is -2.36. The normalized spacial score (nSPS) is 12.4. The van der Waals surface area contributed by atoms with E-state index >= 15 is 0 Å². The predicted molar refractivity (Wildman–Crippen MR) is 277 cm³/mol. The molecule has 2 heterocycles. The van der Waals surface area contributed by atoms with E-state index in [1.54, 1.807) is 0 Å². The third-order valence-electron chi connectivity index (χ3n) is 13.7. The zero-order valence-electron chi connectivity index (χ0n) is 37.0. The van der Waals surface area contributed by atoms with Gasteiger partial charge in [-0.05, 0) is 119 Å². The van der Waals surface area contributed by atoms with Crippen molar-refractivity contribution in [1.29, 1.82) is 10.5 Å². The molecule has 0 fully saturated rings. The van der Waals surface area contributed by atoms with Crippen LogP contribution >= 0.6 is 0 Å². The van der Waals surface area contributed by atoms with Gasteiger partial charge in [-0.3, -0.25) is 0 Å². The number of nitrogens with zero attached hydrogens (tertiary/aromatic N) is 4. The molecule has 69 heavy (non-hydrogen) atoms. The molecule has 0 radical (unpaired) electrons. The third kappa shape index (κ3) is 5.97. The average Bonchev–Trinajstić information content (AvgIpc) is 4.09. The molecule has 0 atom stereocenters. The molecular formula is C63H38N4O2. The summed E-state index contributed by atoms with van der Waals surface area (Å²) in [5, 5.41) is 23.7. The Kier molecular flexibility index (Phi) is 9.08. The van der Waals surface area contributed by atoms with Crippen molar-refractivity contribution in [3.63, 3.8) is 0 Å². The van der Waals surface area contributed by atoms with Gasteiger partial charge >= 0.3 is 0 Å². The van der Waals surface area contributed by atoms with E-state index in [4.69, 9.17) is 8.83 Å². The molecule has 0 amide bonds. The van der Waals surface area contributed by atoms with Crippen molar-refractivity contribution in [1.82, 2.24) is 0 Å². The van der Waals surface area contributed by atoms with E-state index in [0.717, 1.165) is 111 Å². The highest BCUT2D eigenvalue weighted by atomic mass is 16.3. The first-order chi connectivity index (χ1) is 34.1. The lowest BCUT2D eigenvalue weighted by atomic mass is 9.67. The number of fused-ring (bicyclic) bond motifs is 11. The summed E-state index contributed by atoms with van der Waals surface area (Å²) in [6.45, 7) is 0. The van der Waals surface area contributed by atoms with Crippen LogP contribution in [-0.4, -0.2) is 0 Å². The summed E-state index contributed by atoms with van der Waals surface area (Å²) in [6, 6.07) is 84.0. The van der Waals surface area contributed by atoms with Crippen LogP contribution in [-0.2, 0) is 5.41 Å². The first kappa shape index (κ1) is 39.7. The molecule has 0 unspecified atom stereocenters. The van der Waals surface area contributed by atoms with Crippen molar-refractivity contribution in [2.75, 3.05) is 9.80 Å². The van der Waals surface area contributed by atoms with Gasteiger partial charge in [-0.15, -0.1) is 0 Å². The number of rotatable bonds is 8. The van der Waals surface area contributed by atoms with E-state index in [1.807, 2.05) is 84.9 Å². The van der Waals surface area contributed by atoms with Crippen molar-refractivity contribution in [3.8, 4) is 23.3 Å². The maximum atomic E-state index is 9.93. The van der Waals surface area contributed by atoms with Crippen LogP contribution in [0.15, 0.2) is 239 Å². The zero-order chi connectivity index (χ0) is 46.1. The van der Waals surface area contributed by atoms with Gasteiger partial charge in [0.15, 0.2) is 0 Å².